The summed E-state index contributed by atoms with van der Waals surface area (Å²) in [5, 5.41) is 14.2. The molecule has 2 aromatic heterocycles. The number of H-pyrrole nitrogens is 1. The Morgan fingerprint density at radius 3 is 2.42 bits per heavy atom. The molecule has 0 atom stereocenters. The van der Waals surface area contributed by atoms with E-state index in [0.29, 0.717) is 17.9 Å². The first kappa shape index (κ1) is 25.8. The van der Waals surface area contributed by atoms with Crippen molar-refractivity contribution in [2.24, 2.45) is 5.92 Å². The zero-order chi connectivity index (χ0) is 26.5. The number of carbonyl (C=O) groups excluding carboxylic acids is 1. The Hall–Kier alpha value is -3.88. The van der Waals surface area contributed by atoms with E-state index in [2.05, 4.69) is 27.5 Å². The van der Waals surface area contributed by atoms with E-state index in [4.69, 9.17) is 0 Å². The van der Waals surface area contributed by atoms with Gasteiger partial charge in [0.05, 0.1) is 12.2 Å². The Labute approximate surface area is 220 Å². The lowest BCUT2D eigenvalue weighted by atomic mass is 9.88. The largest absolute Gasteiger partial charge is 0.335 e. The molecule has 38 heavy (non-hydrogen) atoms. The van der Waals surface area contributed by atoms with Crippen LogP contribution in [0.3, 0.4) is 0 Å². The molecule has 0 bridgehead atoms. The van der Waals surface area contributed by atoms with Crippen molar-refractivity contribution in [1.82, 2.24) is 29.8 Å². The van der Waals surface area contributed by atoms with Crippen molar-refractivity contribution >= 4 is 5.91 Å². The number of tetrazole rings is 1. The van der Waals surface area contributed by atoms with Crippen LogP contribution >= 0.6 is 0 Å². The maximum absolute atomic E-state index is 14.4. The number of rotatable bonds is 9. The van der Waals surface area contributed by atoms with E-state index in [0.717, 1.165) is 71.8 Å². The number of halogens is 1. The second kappa shape index (κ2) is 11.7. The lowest BCUT2D eigenvalue weighted by molar-refractivity contribution is 0.0790. The van der Waals surface area contributed by atoms with Crippen molar-refractivity contribution in [1.29, 1.82) is 0 Å². The predicted molar refractivity (Wildman–Crippen MR) is 143 cm³/mol. The third kappa shape index (κ3) is 5.10. The highest BCUT2D eigenvalue weighted by atomic mass is 19.1. The van der Waals surface area contributed by atoms with Gasteiger partial charge in [0.2, 0.25) is 5.91 Å². The number of alkyl halides is 1. The lowest BCUT2D eigenvalue weighted by Crippen LogP contribution is -2.35. The average Bonchev–Trinajstić information content (AvgIpc) is 3.59. The number of hydrogen-bond acceptors (Lipinski definition) is 5. The molecule has 198 valence electrons. The van der Waals surface area contributed by atoms with Crippen LogP contribution in [0.15, 0.2) is 53.3 Å². The molecule has 1 fully saturated rings. The highest BCUT2D eigenvalue weighted by Crippen LogP contribution is 2.30. The summed E-state index contributed by atoms with van der Waals surface area (Å²) >= 11 is 0. The zero-order valence-electron chi connectivity index (χ0n) is 21.7. The molecule has 1 saturated carbocycles. The quantitative estimate of drug-likeness (QED) is 0.313. The van der Waals surface area contributed by atoms with Crippen LogP contribution in [0.1, 0.15) is 73.6 Å². The van der Waals surface area contributed by atoms with E-state index < -0.39 is 12.4 Å². The van der Waals surface area contributed by atoms with Gasteiger partial charge in [-0.25, -0.2) is 18.9 Å². The third-order valence-electron chi connectivity index (χ3n) is 7.55. The molecular formula is C29H33FN6O2. The molecule has 0 saturated heterocycles. The summed E-state index contributed by atoms with van der Waals surface area (Å²) in [5.74, 6) is 0.132. The van der Waals surface area contributed by atoms with Crippen molar-refractivity contribution in [2.45, 2.75) is 71.5 Å². The topological polar surface area (TPSA) is 98.5 Å². The molecule has 1 aliphatic carbocycles. The Morgan fingerprint density at radius 1 is 1.03 bits per heavy atom. The number of nitrogens with one attached hydrogen (secondary N) is 1. The number of imidazole rings is 1. The maximum atomic E-state index is 14.4. The zero-order valence-corrected chi connectivity index (χ0v) is 21.7. The molecule has 0 unspecified atom stereocenters. The molecule has 0 spiro atoms. The van der Waals surface area contributed by atoms with Crippen LogP contribution in [0, 0.1) is 5.92 Å². The molecule has 1 aliphatic rings. The Balaban J connectivity index is 1.48. The molecule has 9 heteroatoms. The van der Waals surface area contributed by atoms with Gasteiger partial charge >= 0.3 is 5.69 Å². The van der Waals surface area contributed by atoms with E-state index in [-0.39, 0.29) is 24.1 Å². The van der Waals surface area contributed by atoms with Crippen molar-refractivity contribution in [2.75, 3.05) is 0 Å². The van der Waals surface area contributed by atoms with Gasteiger partial charge in [0, 0.05) is 17.2 Å². The molecular weight excluding hydrogens is 483 g/mol. The highest BCUT2D eigenvalue weighted by molar-refractivity contribution is 5.82. The molecule has 0 radical (unpaired) electrons. The first-order valence-corrected chi connectivity index (χ1v) is 13.5. The molecule has 1 N–H and O–H groups in total. The van der Waals surface area contributed by atoms with Gasteiger partial charge in [-0.15, -0.1) is 5.10 Å². The van der Waals surface area contributed by atoms with Crippen molar-refractivity contribution in [3.05, 3.63) is 76.0 Å². The first-order chi connectivity index (χ1) is 18.6. The van der Waals surface area contributed by atoms with Crippen LogP contribution in [0.5, 0.6) is 0 Å². The van der Waals surface area contributed by atoms with Gasteiger partial charge in [-0.1, -0.05) is 81.1 Å². The second-order valence-corrected chi connectivity index (χ2v) is 10.0. The van der Waals surface area contributed by atoms with Gasteiger partial charge in [-0.3, -0.25) is 9.36 Å². The molecule has 4 aromatic rings. The smallest absolute Gasteiger partial charge is 0.291 e. The van der Waals surface area contributed by atoms with Crippen molar-refractivity contribution < 1.29 is 9.18 Å². The van der Waals surface area contributed by atoms with Crippen LogP contribution in [0.4, 0.5) is 4.39 Å². The maximum Gasteiger partial charge on any atom is 0.335 e. The second-order valence-electron chi connectivity index (χ2n) is 10.0. The average molecular weight is 517 g/mol. The fraction of sp³-hybridized carbons (Fsp3) is 0.414. The molecule has 0 aliphatic heterocycles. The van der Waals surface area contributed by atoms with Gasteiger partial charge in [0.25, 0.3) is 0 Å². The van der Waals surface area contributed by atoms with Crippen LogP contribution in [-0.4, -0.2) is 35.7 Å². The monoisotopic (exact) mass is 516 g/mol. The SMILES string of the molecule is CCCCc1c(CF)n(C(=O)C2CCCCC2)c(=O)n1Cc1ccc(-c2ccccc2-c2nnn[nH]2)cc1. The number of carbonyl (C=O) groups is 1. The van der Waals surface area contributed by atoms with Gasteiger partial charge in [0.15, 0.2) is 5.82 Å². The fourth-order valence-electron chi connectivity index (χ4n) is 5.51. The molecule has 2 aromatic carbocycles. The minimum absolute atomic E-state index is 0.208. The Kier molecular flexibility index (Phi) is 7.91. The summed E-state index contributed by atoms with van der Waals surface area (Å²) in [4.78, 5) is 27.0. The number of hydrogen-bond donors (Lipinski definition) is 1. The Bertz CT molecular complexity index is 1430. The van der Waals surface area contributed by atoms with E-state index in [9.17, 15) is 14.0 Å². The predicted octanol–water partition coefficient (Wildman–Crippen LogP) is 5.58. The number of benzene rings is 2. The molecule has 2 heterocycles. The van der Waals surface area contributed by atoms with Crippen LogP contribution in [0.25, 0.3) is 22.5 Å². The van der Waals surface area contributed by atoms with Crippen LogP contribution in [0.2, 0.25) is 0 Å². The fourth-order valence-corrected chi connectivity index (χ4v) is 5.51. The van der Waals surface area contributed by atoms with E-state index in [1.807, 2.05) is 48.5 Å². The summed E-state index contributed by atoms with van der Waals surface area (Å²) < 4.78 is 17.1. The van der Waals surface area contributed by atoms with Crippen LogP contribution in [-0.2, 0) is 19.6 Å². The molecule has 5 rings (SSSR count). The molecule has 8 nitrogen and oxygen atoms in total. The van der Waals surface area contributed by atoms with E-state index in [1.165, 1.54) is 0 Å². The lowest BCUT2D eigenvalue weighted by Gasteiger charge is -2.20. The van der Waals surface area contributed by atoms with Gasteiger partial charge < -0.3 is 0 Å². The first-order valence-electron chi connectivity index (χ1n) is 13.5. The van der Waals surface area contributed by atoms with Crippen molar-refractivity contribution in [3.8, 4) is 22.5 Å². The summed E-state index contributed by atoms with van der Waals surface area (Å²) in [6, 6.07) is 15.8. The summed E-state index contributed by atoms with van der Waals surface area (Å²) in [6.07, 6.45) is 6.87. The van der Waals surface area contributed by atoms with Crippen molar-refractivity contribution in [3.63, 3.8) is 0 Å². The number of nitrogens with zero attached hydrogens (tertiary/aromatic N) is 5. The minimum atomic E-state index is -0.827. The van der Waals surface area contributed by atoms with E-state index in [1.54, 1.807) is 4.57 Å². The number of unbranched alkanes of at least 4 members (excludes halogenated alkanes) is 1. The van der Waals surface area contributed by atoms with Crippen LogP contribution < -0.4 is 5.69 Å². The molecule has 0 amide bonds. The third-order valence-corrected chi connectivity index (χ3v) is 7.55. The summed E-state index contributed by atoms with van der Waals surface area (Å²) in [7, 11) is 0. The van der Waals surface area contributed by atoms with Gasteiger partial charge in [0.1, 0.15) is 6.67 Å². The summed E-state index contributed by atoms with van der Waals surface area (Å²) in [5.41, 5.74) is 4.18. The van der Waals surface area contributed by atoms with E-state index >= 15 is 0 Å². The summed E-state index contributed by atoms with van der Waals surface area (Å²) in [6.45, 7) is 1.52. The Morgan fingerprint density at radius 2 is 1.76 bits per heavy atom. The number of aromatic amines is 1. The standard InChI is InChI=1S/C29H33FN6O2/c1-2-3-13-25-26(18-30)36(28(37)22-9-5-4-6-10-22)29(38)35(25)19-20-14-16-21(17-15-20)23-11-7-8-12-24(23)27-31-33-34-32-27/h7-8,11-12,14-17,22H,2-6,9-10,13,18-19H2,1H3,(H,31,32,33,34). The minimum Gasteiger partial charge on any atom is -0.291 e. The van der Waals surface area contributed by atoms with Gasteiger partial charge in [-0.2, -0.15) is 0 Å². The van der Waals surface area contributed by atoms with Gasteiger partial charge in [-0.05, 0) is 52.8 Å². The highest BCUT2D eigenvalue weighted by Gasteiger charge is 2.29. The normalized spacial score (nSPS) is 14.2. The number of aromatic nitrogens is 6.